The topological polar surface area (TPSA) is 47.6 Å². The van der Waals surface area contributed by atoms with Gasteiger partial charge >= 0.3 is 0 Å². The first kappa shape index (κ1) is 16.8. The van der Waals surface area contributed by atoms with Crippen molar-refractivity contribution in [1.29, 1.82) is 10.5 Å². The van der Waals surface area contributed by atoms with Crippen LogP contribution in [0.3, 0.4) is 0 Å². The van der Waals surface area contributed by atoms with Gasteiger partial charge in [-0.05, 0) is 24.0 Å². The van der Waals surface area contributed by atoms with Crippen molar-refractivity contribution >= 4 is 0 Å². The molecule has 0 radical (unpaired) electrons. The number of nitrogens with zero attached hydrogens (tertiary/aromatic N) is 2. The Bertz CT molecular complexity index is 590. The van der Waals surface area contributed by atoms with Crippen molar-refractivity contribution in [2.75, 3.05) is 0 Å². The van der Waals surface area contributed by atoms with Crippen LogP contribution in [0.4, 0.5) is 0 Å². The maximum Gasteiger partial charge on any atom is 0.0712 e. The molecule has 0 aliphatic rings. The Morgan fingerprint density at radius 1 is 0.609 bits per heavy atom. The van der Waals surface area contributed by atoms with Crippen LogP contribution >= 0.6 is 0 Å². The minimum atomic E-state index is -0.0166. The predicted octanol–water partition coefficient (Wildman–Crippen LogP) is 5.55. The molecule has 0 spiro atoms. The lowest BCUT2D eigenvalue weighted by atomic mass is 9.92. The van der Waals surface area contributed by atoms with Gasteiger partial charge in [0, 0.05) is 0 Å². The highest BCUT2D eigenvalue weighted by molar-refractivity contribution is 5.25. The average molecular weight is 302 g/mol. The van der Waals surface area contributed by atoms with Crippen LogP contribution in [0.1, 0.15) is 55.1 Å². The van der Waals surface area contributed by atoms with E-state index >= 15 is 0 Å². The van der Waals surface area contributed by atoms with Gasteiger partial charge in [-0.3, -0.25) is 0 Å². The van der Waals surface area contributed by atoms with Crippen LogP contribution in [-0.2, 0) is 0 Å². The molecule has 0 bridgehead atoms. The zero-order valence-corrected chi connectivity index (χ0v) is 13.4. The van der Waals surface area contributed by atoms with Crippen LogP contribution < -0.4 is 0 Å². The summed E-state index contributed by atoms with van der Waals surface area (Å²) in [5, 5.41) is 18.6. The van der Waals surface area contributed by atoms with Gasteiger partial charge in [0.25, 0.3) is 0 Å². The highest BCUT2D eigenvalue weighted by Gasteiger charge is 2.11. The smallest absolute Gasteiger partial charge is 0.0712 e. The highest BCUT2D eigenvalue weighted by Crippen LogP contribution is 2.24. The summed E-state index contributed by atoms with van der Waals surface area (Å²) in [6, 6.07) is 24.8. The van der Waals surface area contributed by atoms with E-state index in [4.69, 9.17) is 0 Å². The Morgan fingerprint density at radius 2 is 1.00 bits per heavy atom. The van der Waals surface area contributed by atoms with E-state index in [-0.39, 0.29) is 11.8 Å². The number of nitriles is 2. The van der Waals surface area contributed by atoms with Crippen molar-refractivity contribution in [2.24, 2.45) is 0 Å². The molecule has 0 saturated heterocycles. The van der Waals surface area contributed by atoms with Gasteiger partial charge < -0.3 is 0 Å². The number of unbranched alkanes of at least 4 members (excludes halogenated alkanes) is 2. The zero-order valence-electron chi connectivity index (χ0n) is 13.4. The SMILES string of the molecule is N#CC(CCCCCC(C#N)c1ccccc1)c1ccccc1. The van der Waals surface area contributed by atoms with Crippen LogP contribution in [0.2, 0.25) is 0 Å². The molecule has 0 aliphatic heterocycles. The molecule has 2 unspecified atom stereocenters. The summed E-state index contributed by atoms with van der Waals surface area (Å²) in [7, 11) is 0. The van der Waals surface area contributed by atoms with Crippen molar-refractivity contribution in [1.82, 2.24) is 0 Å². The lowest BCUT2D eigenvalue weighted by Gasteiger charge is -2.11. The summed E-state index contributed by atoms with van der Waals surface area (Å²) in [4.78, 5) is 0. The molecule has 2 aromatic rings. The summed E-state index contributed by atoms with van der Waals surface area (Å²) in [5.41, 5.74) is 2.21. The van der Waals surface area contributed by atoms with Gasteiger partial charge in [-0.2, -0.15) is 10.5 Å². The van der Waals surface area contributed by atoms with Gasteiger partial charge in [0.2, 0.25) is 0 Å². The molecule has 0 fully saturated rings. The van der Waals surface area contributed by atoms with Gasteiger partial charge in [-0.25, -0.2) is 0 Å². The normalized spacial score (nSPS) is 12.8. The first-order valence-electron chi connectivity index (χ1n) is 8.24. The fourth-order valence-electron chi connectivity index (χ4n) is 2.86. The zero-order chi connectivity index (χ0) is 16.3. The first-order chi connectivity index (χ1) is 11.3. The van der Waals surface area contributed by atoms with Crippen LogP contribution in [0.15, 0.2) is 60.7 Å². The van der Waals surface area contributed by atoms with Crippen molar-refractivity contribution in [3.8, 4) is 12.1 Å². The molecule has 0 saturated carbocycles. The maximum atomic E-state index is 9.32. The number of benzene rings is 2. The summed E-state index contributed by atoms with van der Waals surface area (Å²) in [6.45, 7) is 0. The molecule has 2 heteroatoms. The second-order valence-corrected chi connectivity index (χ2v) is 5.82. The Kier molecular flexibility index (Phi) is 6.89. The quantitative estimate of drug-likeness (QED) is 0.600. The fourth-order valence-corrected chi connectivity index (χ4v) is 2.86. The molecule has 2 nitrogen and oxygen atoms in total. The monoisotopic (exact) mass is 302 g/mol. The molecule has 0 aliphatic carbocycles. The third-order valence-electron chi connectivity index (χ3n) is 4.20. The number of hydrogen-bond donors (Lipinski definition) is 0. The van der Waals surface area contributed by atoms with Crippen LogP contribution in [0, 0.1) is 22.7 Å². The average Bonchev–Trinajstić information content (AvgIpc) is 2.63. The van der Waals surface area contributed by atoms with E-state index in [0.717, 1.165) is 43.2 Å². The van der Waals surface area contributed by atoms with E-state index in [1.807, 2.05) is 60.7 Å². The predicted molar refractivity (Wildman–Crippen MR) is 92.7 cm³/mol. The Labute approximate surface area is 139 Å². The lowest BCUT2D eigenvalue weighted by molar-refractivity contribution is 0.579. The summed E-state index contributed by atoms with van der Waals surface area (Å²) >= 11 is 0. The summed E-state index contributed by atoms with van der Waals surface area (Å²) in [6.07, 6.45) is 4.91. The third-order valence-corrected chi connectivity index (χ3v) is 4.20. The molecule has 0 heterocycles. The Morgan fingerprint density at radius 3 is 1.35 bits per heavy atom. The van der Waals surface area contributed by atoms with E-state index in [0.29, 0.717) is 0 Å². The van der Waals surface area contributed by atoms with Gasteiger partial charge in [-0.1, -0.05) is 79.9 Å². The van der Waals surface area contributed by atoms with Gasteiger partial charge in [0.1, 0.15) is 0 Å². The van der Waals surface area contributed by atoms with Crippen LogP contribution in [-0.4, -0.2) is 0 Å². The molecule has 0 amide bonds. The van der Waals surface area contributed by atoms with Crippen molar-refractivity contribution in [3.05, 3.63) is 71.8 Å². The van der Waals surface area contributed by atoms with Crippen molar-refractivity contribution < 1.29 is 0 Å². The minimum absolute atomic E-state index is 0.0166. The molecule has 23 heavy (non-hydrogen) atoms. The Hall–Kier alpha value is -2.58. The summed E-state index contributed by atoms with van der Waals surface area (Å²) in [5.74, 6) is -0.0332. The van der Waals surface area contributed by atoms with Crippen LogP contribution in [0.25, 0.3) is 0 Å². The molecular formula is C21H22N2. The van der Waals surface area contributed by atoms with Crippen LogP contribution in [0.5, 0.6) is 0 Å². The minimum Gasteiger partial charge on any atom is -0.198 e. The third kappa shape index (κ3) is 5.28. The second-order valence-electron chi connectivity index (χ2n) is 5.82. The number of hydrogen-bond acceptors (Lipinski definition) is 2. The molecule has 0 N–H and O–H groups in total. The fraction of sp³-hybridized carbons (Fsp3) is 0.333. The second kappa shape index (κ2) is 9.44. The highest BCUT2D eigenvalue weighted by atomic mass is 14.3. The molecule has 0 aromatic heterocycles. The van der Waals surface area contributed by atoms with E-state index in [1.54, 1.807) is 0 Å². The van der Waals surface area contributed by atoms with Gasteiger partial charge in [0.15, 0.2) is 0 Å². The van der Waals surface area contributed by atoms with E-state index in [2.05, 4.69) is 12.1 Å². The molecule has 116 valence electrons. The van der Waals surface area contributed by atoms with Crippen molar-refractivity contribution in [3.63, 3.8) is 0 Å². The van der Waals surface area contributed by atoms with E-state index < -0.39 is 0 Å². The standard InChI is InChI=1S/C21H22N2/c22-16-20(18-10-4-1-5-11-18)14-8-3-9-15-21(17-23)19-12-6-2-7-13-19/h1-2,4-7,10-13,20-21H,3,8-9,14-15H2. The first-order valence-corrected chi connectivity index (χ1v) is 8.24. The summed E-state index contributed by atoms with van der Waals surface area (Å²) < 4.78 is 0. The van der Waals surface area contributed by atoms with E-state index in [1.165, 1.54) is 0 Å². The molecule has 2 atom stereocenters. The van der Waals surface area contributed by atoms with E-state index in [9.17, 15) is 10.5 Å². The molecule has 2 aromatic carbocycles. The van der Waals surface area contributed by atoms with Crippen molar-refractivity contribution in [2.45, 2.75) is 43.9 Å². The maximum absolute atomic E-state index is 9.32. The Balaban J connectivity index is 1.73. The van der Waals surface area contributed by atoms with Gasteiger partial charge in [0.05, 0.1) is 24.0 Å². The molecule has 2 rings (SSSR count). The van der Waals surface area contributed by atoms with Gasteiger partial charge in [-0.15, -0.1) is 0 Å². The lowest BCUT2D eigenvalue weighted by Crippen LogP contribution is -1.97. The molecular weight excluding hydrogens is 280 g/mol. The largest absolute Gasteiger partial charge is 0.198 e. The number of rotatable bonds is 8.